The third-order valence-electron chi connectivity index (χ3n) is 14.0. The molecular weight excluding hydrogens is 791 g/mol. The van der Waals surface area contributed by atoms with Crippen LogP contribution in [0.15, 0.2) is 249 Å². The maximum absolute atomic E-state index is 2.48. The van der Waals surface area contributed by atoms with E-state index in [0.29, 0.717) is 0 Å². The van der Waals surface area contributed by atoms with Gasteiger partial charge in [-0.15, -0.1) is 11.3 Å². The first-order valence-corrected chi connectivity index (χ1v) is 23.0. The Bertz CT molecular complexity index is 3470. The highest BCUT2D eigenvalue weighted by atomic mass is 32.1. The molecule has 64 heavy (non-hydrogen) atoms. The van der Waals surface area contributed by atoms with Crippen LogP contribution in [0, 0.1) is 0 Å². The summed E-state index contributed by atoms with van der Waals surface area (Å²) in [7, 11) is 0. The fourth-order valence-electron chi connectivity index (χ4n) is 11.4. The maximum atomic E-state index is 2.48. The van der Waals surface area contributed by atoms with Gasteiger partial charge in [0, 0.05) is 37.2 Å². The Morgan fingerprint density at radius 1 is 0.266 bits per heavy atom. The summed E-state index contributed by atoms with van der Waals surface area (Å²) in [6.07, 6.45) is 0. The van der Waals surface area contributed by atoms with Crippen molar-refractivity contribution in [2.75, 3.05) is 4.90 Å². The predicted molar refractivity (Wildman–Crippen MR) is 269 cm³/mol. The lowest BCUT2D eigenvalue weighted by atomic mass is 9.67. The van der Waals surface area contributed by atoms with Crippen LogP contribution in [0.4, 0.5) is 17.1 Å². The minimum atomic E-state index is -0.515. The molecule has 0 saturated heterocycles. The second-order valence-electron chi connectivity index (χ2n) is 17.1. The van der Waals surface area contributed by atoms with Gasteiger partial charge in [-0.2, -0.15) is 0 Å². The van der Waals surface area contributed by atoms with Crippen molar-refractivity contribution in [3.05, 3.63) is 293 Å². The third kappa shape index (κ3) is 5.18. The average Bonchev–Trinajstić information content (AvgIpc) is 4.00. The molecule has 2 aliphatic carbocycles. The summed E-state index contributed by atoms with van der Waals surface area (Å²) in [6, 6.07) is 92.7. The van der Waals surface area contributed by atoms with E-state index in [1.54, 1.807) is 0 Å². The summed E-state index contributed by atoms with van der Waals surface area (Å²) in [5, 5.41) is 2.57. The van der Waals surface area contributed by atoms with Crippen LogP contribution >= 0.6 is 11.3 Å². The van der Waals surface area contributed by atoms with E-state index < -0.39 is 10.8 Å². The second-order valence-corrected chi connectivity index (χ2v) is 18.2. The van der Waals surface area contributed by atoms with Crippen molar-refractivity contribution in [2.45, 2.75) is 10.8 Å². The molecule has 11 aromatic rings. The number of hydrogen-bond donors (Lipinski definition) is 0. The first-order valence-electron chi connectivity index (χ1n) is 22.2. The minimum Gasteiger partial charge on any atom is -0.310 e. The van der Waals surface area contributed by atoms with Crippen LogP contribution in [-0.2, 0) is 10.8 Å². The van der Waals surface area contributed by atoms with E-state index in [0.717, 1.165) is 17.1 Å². The van der Waals surface area contributed by atoms with Crippen molar-refractivity contribution in [3.63, 3.8) is 0 Å². The topological polar surface area (TPSA) is 3.24 Å². The highest BCUT2D eigenvalue weighted by Crippen LogP contribution is 2.59. The van der Waals surface area contributed by atoms with Gasteiger partial charge in [-0.05, 0) is 115 Å². The molecule has 13 rings (SSSR count). The number of benzene rings is 10. The molecule has 0 spiro atoms. The molecule has 1 heterocycles. The van der Waals surface area contributed by atoms with E-state index in [4.69, 9.17) is 0 Å². The van der Waals surface area contributed by atoms with Gasteiger partial charge in [0.2, 0.25) is 0 Å². The molecule has 0 radical (unpaired) electrons. The van der Waals surface area contributed by atoms with Crippen molar-refractivity contribution in [2.24, 2.45) is 0 Å². The SMILES string of the molecule is c1ccc(C2(c3ccc(N(c4ccc5c(c4)C(c4ccccc4)(c4ccccc4)c4ccccc4-5)c4ccc5sc6ccccc6c5c4)cc3)c3ccccc3-c3ccccc32)cc1. The number of anilines is 3. The normalized spacial score (nSPS) is 13.9. The number of nitrogens with zero attached hydrogens (tertiary/aromatic N) is 1. The molecule has 0 unspecified atom stereocenters. The van der Waals surface area contributed by atoms with Crippen molar-refractivity contribution in [1.29, 1.82) is 0 Å². The molecule has 300 valence electrons. The predicted octanol–water partition coefficient (Wildman–Crippen LogP) is 16.3. The van der Waals surface area contributed by atoms with Crippen LogP contribution in [0.2, 0.25) is 0 Å². The standard InChI is InChI=1S/C62H41NS/c1-4-18-42(19-5-1)61(55-28-14-10-24-49(55)50-25-11-15-29-56(50)61)45-32-34-46(35-33-45)63(47-37-39-60-54(40-47)53-27-13-17-31-59(53)64-60)48-36-38-52-51-26-12-16-30-57(51)62(58(52)41-48,43-20-6-2-7-21-43)44-22-8-3-9-23-44/h1-41H. The monoisotopic (exact) mass is 831 g/mol. The van der Waals surface area contributed by atoms with Gasteiger partial charge < -0.3 is 4.90 Å². The first-order chi connectivity index (χ1) is 31.7. The molecule has 1 aromatic heterocycles. The molecule has 0 fully saturated rings. The van der Waals surface area contributed by atoms with E-state index in [-0.39, 0.29) is 0 Å². The average molecular weight is 832 g/mol. The van der Waals surface area contributed by atoms with Gasteiger partial charge in [-0.25, -0.2) is 0 Å². The van der Waals surface area contributed by atoms with Gasteiger partial charge in [0.1, 0.15) is 0 Å². The maximum Gasteiger partial charge on any atom is 0.0714 e. The number of thiophene rings is 1. The Kier molecular flexibility index (Phi) is 8.28. The van der Waals surface area contributed by atoms with E-state index in [2.05, 4.69) is 254 Å². The van der Waals surface area contributed by atoms with E-state index in [1.165, 1.54) is 86.9 Å². The van der Waals surface area contributed by atoms with Crippen LogP contribution in [0.5, 0.6) is 0 Å². The summed E-state index contributed by atoms with van der Waals surface area (Å²) in [5.74, 6) is 0. The summed E-state index contributed by atoms with van der Waals surface area (Å²) in [6.45, 7) is 0. The molecular formula is C62H41NS. The molecule has 0 saturated carbocycles. The Labute approximate surface area is 377 Å². The summed E-state index contributed by atoms with van der Waals surface area (Å²) in [5.41, 5.74) is 17.8. The number of hydrogen-bond acceptors (Lipinski definition) is 2. The van der Waals surface area contributed by atoms with Crippen molar-refractivity contribution < 1.29 is 0 Å². The minimum absolute atomic E-state index is 0.476. The largest absolute Gasteiger partial charge is 0.310 e. The lowest BCUT2D eigenvalue weighted by Crippen LogP contribution is -2.29. The van der Waals surface area contributed by atoms with Gasteiger partial charge in [-0.1, -0.05) is 200 Å². The smallest absolute Gasteiger partial charge is 0.0714 e. The van der Waals surface area contributed by atoms with E-state index in [1.807, 2.05) is 11.3 Å². The van der Waals surface area contributed by atoms with E-state index >= 15 is 0 Å². The van der Waals surface area contributed by atoms with Gasteiger partial charge in [0.25, 0.3) is 0 Å². The lowest BCUT2D eigenvalue weighted by Gasteiger charge is -2.35. The Balaban J connectivity index is 1.05. The Morgan fingerprint density at radius 2 is 0.656 bits per heavy atom. The quantitative estimate of drug-likeness (QED) is 0.155. The second kappa shape index (κ2) is 14.4. The molecule has 0 atom stereocenters. The van der Waals surface area contributed by atoms with Gasteiger partial charge in [0.15, 0.2) is 0 Å². The molecule has 0 amide bonds. The molecule has 1 nitrogen and oxygen atoms in total. The van der Waals surface area contributed by atoms with Gasteiger partial charge in [-0.3, -0.25) is 0 Å². The van der Waals surface area contributed by atoms with Gasteiger partial charge >= 0.3 is 0 Å². The first kappa shape index (κ1) is 36.8. The Hall–Kier alpha value is -7.78. The van der Waals surface area contributed by atoms with Crippen LogP contribution < -0.4 is 4.90 Å². The third-order valence-corrected chi connectivity index (χ3v) is 15.2. The van der Waals surface area contributed by atoms with Crippen molar-refractivity contribution in [1.82, 2.24) is 0 Å². The van der Waals surface area contributed by atoms with Crippen LogP contribution in [0.25, 0.3) is 42.4 Å². The molecule has 0 aliphatic heterocycles. The highest BCUT2D eigenvalue weighted by molar-refractivity contribution is 7.25. The molecule has 2 heteroatoms. The Morgan fingerprint density at radius 3 is 1.22 bits per heavy atom. The van der Waals surface area contributed by atoms with Crippen LogP contribution in [0.3, 0.4) is 0 Å². The number of rotatable bonds is 7. The van der Waals surface area contributed by atoms with Crippen LogP contribution in [-0.4, -0.2) is 0 Å². The molecule has 2 aliphatic rings. The zero-order valence-corrected chi connectivity index (χ0v) is 35.8. The highest BCUT2D eigenvalue weighted by Gasteiger charge is 2.47. The van der Waals surface area contributed by atoms with Gasteiger partial charge in [0.05, 0.1) is 10.8 Å². The zero-order chi connectivity index (χ0) is 42.2. The molecule has 0 N–H and O–H groups in total. The molecule has 0 bridgehead atoms. The van der Waals surface area contributed by atoms with Crippen LogP contribution in [0.1, 0.15) is 44.5 Å². The van der Waals surface area contributed by atoms with Crippen molar-refractivity contribution in [3.8, 4) is 22.3 Å². The van der Waals surface area contributed by atoms with E-state index in [9.17, 15) is 0 Å². The summed E-state index contributed by atoms with van der Waals surface area (Å²) in [4.78, 5) is 2.48. The van der Waals surface area contributed by atoms with Crippen molar-refractivity contribution >= 4 is 48.6 Å². The lowest BCUT2D eigenvalue weighted by molar-refractivity contribution is 0.768. The fraction of sp³-hybridized carbons (Fsp3) is 0.0323. The summed E-state index contributed by atoms with van der Waals surface area (Å²) < 4.78 is 2.60. The summed E-state index contributed by atoms with van der Waals surface area (Å²) >= 11 is 1.86. The fourth-order valence-corrected chi connectivity index (χ4v) is 12.5. The number of fused-ring (bicyclic) bond motifs is 9. The molecule has 10 aromatic carbocycles. The zero-order valence-electron chi connectivity index (χ0n) is 35.0.